The summed E-state index contributed by atoms with van der Waals surface area (Å²) in [6.45, 7) is 4.45. The third kappa shape index (κ3) is 4.59. The van der Waals surface area contributed by atoms with E-state index in [1.165, 1.54) is 0 Å². The van der Waals surface area contributed by atoms with Crippen molar-refractivity contribution in [3.63, 3.8) is 0 Å². The third-order valence-electron chi connectivity index (χ3n) is 3.77. The molecule has 0 spiro atoms. The van der Waals surface area contributed by atoms with Gasteiger partial charge in [-0.2, -0.15) is 13.2 Å². The van der Waals surface area contributed by atoms with Crippen molar-refractivity contribution in [1.82, 2.24) is 10.3 Å². The standard InChI is InChI=1S/C15H22F3N3/c1-2-7-19-9-12-5-6-14(20-10-12)21-8-3-4-13(11-21)15(16,17)18/h5-6,10,13,19H,2-4,7-9,11H2,1H3. The van der Waals surface area contributed by atoms with Crippen LogP contribution in [0.5, 0.6) is 0 Å². The Morgan fingerprint density at radius 1 is 1.38 bits per heavy atom. The predicted molar refractivity (Wildman–Crippen MR) is 77.2 cm³/mol. The molecule has 1 aromatic rings. The average molecular weight is 301 g/mol. The van der Waals surface area contributed by atoms with Crippen molar-refractivity contribution in [3.05, 3.63) is 23.9 Å². The van der Waals surface area contributed by atoms with E-state index in [0.29, 0.717) is 18.8 Å². The van der Waals surface area contributed by atoms with Gasteiger partial charge in [0.2, 0.25) is 0 Å². The van der Waals surface area contributed by atoms with E-state index in [0.717, 1.165) is 25.1 Å². The molecule has 0 amide bonds. The molecule has 0 aliphatic carbocycles. The second-order valence-corrected chi connectivity index (χ2v) is 5.53. The molecule has 0 saturated carbocycles. The van der Waals surface area contributed by atoms with Crippen molar-refractivity contribution in [2.45, 2.75) is 38.9 Å². The first kappa shape index (κ1) is 16.1. The molecule has 3 nitrogen and oxygen atoms in total. The zero-order valence-corrected chi connectivity index (χ0v) is 12.3. The van der Waals surface area contributed by atoms with Gasteiger partial charge in [-0.1, -0.05) is 13.0 Å². The van der Waals surface area contributed by atoms with Gasteiger partial charge in [0.1, 0.15) is 5.82 Å². The van der Waals surface area contributed by atoms with E-state index in [1.54, 1.807) is 11.1 Å². The number of rotatable bonds is 5. The van der Waals surface area contributed by atoms with Crippen LogP contribution in [-0.4, -0.2) is 30.8 Å². The average Bonchev–Trinajstić information content (AvgIpc) is 2.47. The molecule has 21 heavy (non-hydrogen) atoms. The highest BCUT2D eigenvalue weighted by Crippen LogP contribution is 2.34. The molecule has 1 aliphatic heterocycles. The second kappa shape index (κ2) is 7.11. The van der Waals surface area contributed by atoms with E-state index in [1.807, 2.05) is 12.1 Å². The van der Waals surface area contributed by atoms with Crippen molar-refractivity contribution < 1.29 is 13.2 Å². The van der Waals surface area contributed by atoms with E-state index in [9.17, 15) is 13.2 Å². The molecule has 2 rings (SSSR count). The molecule has 1 saturated heterocycles. The van der Waals surface area contributed by atoms with Crippen molar-refractivity contribution in [3.8, 4) is 0 Å². The smallest absolute Gasteiger partial charge is 0.356 e. The molecule has 0 radical (unpaired) electrons. The number of halogens is 3. The van der Waals surface area contributed by atoms with Gasteiger partial charge < -0.3 is 10.2 Å². The van der Waals surface area contributed by atoms with Crippen molar-refractivity contribution in [2.24, 2.45) is 5.92 Å². The summed E-state index contributed by atoms with van der Waals surface area (Å²) in [5.74, 6) is -0.595. The summed E-state index contributed by atoms with van der Waals surface area (Å²) in [5, 5.41) is 3.27. The van der Waals surface area contributed by atoms with Crippen LogP contribution in [0.3, 0.4) is 0 Å². The Bertz CT molecular complexity index is 431. The van der Waals surface area contributed by atoms with Crippen LogP contribution in [0, 0.1) is 5.92 Å². The van der Waals surface area contributed by atoms with Crippen molar-refractivity contribution in [2.75, 3.05) is 24.5 Å². The van der Waals surface area contributed by atoms with E-state index in [-0.39, 0.29) is 13.0 Å². The highest BCUT2D eigenvalue weighted by molar-refractivity contribution is 5.40. The Morgan fingerprint density at radius 3 is 2.81 bits per heavy atom. The first-order valence-corrected chi connectivity index (χ1v) is 7.48. The maximum Gasteiger partial charge on any atom is 0.393 e. The van der Waals surface area contributed by atoms with Crippen molar-refractivity contribution in [1.29, 1.82) is 0 Å². The minimum Gasteiger partial charge on any atom is -0.356 e. The van der Waals surface area contributed by atoms with Gasteiger partial charge in [-0.25, -0.2) is 4.98 Å². The molecular weight excluding hydrogens is 279 g/mol. The number of nitrogens with zero attached hydrogens (tertiary/aromatic N) is 2. The molecule has 118 valence electrons. The number of piperidine rings is 1. The van der Waals surface area contributed by atoms with Crippen LogP contribution in [0.2, 0.25) is 0 Å². The number of anilines is 1. The van der Waals surface area contributed by atoms with Crippen molar-refractivity contribution >= 4 is 5.82 Å². The van der Waals surface area contributed by atoms with Gasteiger partial charge in [0, 0.05) is 25.8 Å². The Labute approximate surface area is 123 Å². The largest absolute Gasteiger partial charge is 0.393 e. The van der Waals surface area contributed by atoms with Gasteiger partial charge in [-0.3, -0.25) is 0 Å². The Morgan fingerprint density at radius 2 is 2.19 bits per heavy atom. The van der Waals surface area contributed by atoms with Crippen LogP contribution in [0.1, 0.15) is 31.7 Å². The minimum absolute atomic E-state index is 0.0178. The van der Waals surface area contributed by atoms with Crippen LogP contribution in [0.15, 0.2) is 18.3 Å². The molecule has 6 heteroatoms. The van der Waals surface area contributed by atoms with Crippen LogP contribution in [-0.2, 0) is 6.54 Å². The second-order valence-electron chi connectivity index (χ2n) is 5.53. The fourth-order valence-electron chi connectivity index (χ4n) is 2.57. The maximum atomic E-state index is 12.8. The Hall–Kier alpha value is -1.30. The summed E-state index contributed by atoms with van der Waals surface area (Å²) in [6.07, 6.45) is -0.513. The third-order valence-corrected chi connectivity index (χ3v) is 3.77. The highest BCUT2D eigenvalue weighted by Gasteiger charge is 2.41. The van der Waals surface area contributed by atoms with E-state index < -0.39 is 12.1 Å². The zero-order chi connectivity index (χ0) is 15.3. The maximum absolute atomic E-state index is 12.8. The lowest BCUT2D eigenvalue weighted by Gasteiger charge is -2.34. The fourth-order valence-corrected chi connectivity index (χ4v) is 2.57. The first-order chi connectivity index (χ1) is 10.0. The first-order valence-electron chi connectivity index (χ1n) is 7.48. The van der Waals surface area contributed by atoms with Crippen LogP contribution < -0.4 is 10.2 Å². The molecule has 1 fully saturated rings. The lowest BCUT2D eigenvalue weighted by molar-refractivity contribution is -0.176. The fraction of sp³-hybridized carbons (Fsp3) is 0.667. The summed E-state index contributed by atoms with van der Waals surface area (Å²) >= 11 is 0. The molecule has 1 aliphatic rings. The van der Waals surface area contributed by atoms with Gasteiger partial charge in [0.05, 0.1) is 5.92 Å². The summed E-state index contributed by atoms with van der Waals surface area (Å²) in [4.78, 5) is 6.06. The van der Waals surface area contributed by atoms with Gasteiger partial charge in [0.25, 0.3) is 0 Å². The van der Waals surface area contributed by atoms with E-state index in [2.05, 4.69) is 17.2 Å². The quantitative estimate of drug-likeness (QED) is 0.845. The number of hydrogen-bond acceptors (Lipinski definition) is 3. The van der Waals surface area contributed by atoms with Crippen LogP contribution in [0.4, 0.5) is 19.0 Å². The number of aromatic nitrogens is 1. The Balaban J connectivity index is 1.95. The molecule has 0 aromatic carbocycles. The number of nitrogens with one attached hydrogen (secondary N) is 1. The molecule has 0 bridgehead atoms. The Kier molecular flexibility index (Phi) is 5.45. The zero-order valence-electron chi connectivity index (χ0n) is 12.3. The lowest BCUT2D eigenvalue weighted by atomic mass is 9.97. The van der Waals surface area contributed by atoms with Gasteiger partial charge in [0.15, 0.2) is 0 Å². The number of hydrogen-bond donors (Lipinski definition) is 1. The van der Waals surface area contributed by atoms with E-state index >= 15 is 0 Å². The topological polar surface area (TPSA) is 28.2 Å². The molecule has 2 heterocycles. The predicted octanol–water partition coefficient (Wildman–Crippen LogP) is 3.36. The van der Waals surface area contributed by atoms with Gasteiger partial charge in [-0.15, -0.1) is 0 Å². The van der Waals surface area contributed by atoms with Crippen LogP contribution in [0.25, 0.3) is 0 Å². The molecule has 1 N–H and O–H groups in total. The lowest BCUT2D eigenvalue weighted by Crippen LogP contribution is -2.42. The number of alkyl halides is 3. The van der Waals surface area contributed by atoms with Crippen LogP contribution >= 0.6 is 0 Å². The molecule has 1 aromatic heterocycles. The van der Waals surface area contributed by atoms with E-state index in [4.69, 9.17) is 0 Å². The number of pyridine rings is 1. The molecule has 1 atom stereocenters. The molecule has 1 unspecified atom stereocenters. The van der Waals surface area contributed by atoms with Gasteiger partial charge in [-0.05, 0) is 37.4 Å². The monoisotopic (exact) mass is 301 g/mol. The minimum atomic E-state index is -4.11. The molecular formula is C15H22F3N3. The summed E-state index contributed by atoms with van der Waals surface area (Å²) < 4.78 is 38.4. The summed E-state index contributed by atoms with van der Waals surface area (Å²) in [6, 6.07) is 3.75. The van der Waals surface area contributed by atoms with Gasteiger partial charge >= 0.3 is 6.18 Å². The summed E-state index contributed by atoms with van der Waals surface area (Å²) in [7, 11) is 0. The SMILES string of the molecule is CCCNCc1ccc(N2CCCC(C(F)(F)F)C2)nc1. The highest BCUT2D eigenvalue weighted by atomic mass is 19.4. The summed E-state index contributed by atoms with van der Waals surface area (Å²) in [5.41, 5.74) is 1.05. The normalized spacial score (nSPS) is 19.8.